The maximum atomic E-state index is 12.7. The number of aromatic nitrogens is 2. The van der Waals surface area contributed by atoms with Crippen molar-refractivity contribution in [3.05, 3.63) is 127 Å². The Morgan fingerprint density at radius 3 is 2.32 bits per heavy atom. The molecule has 0 aliphatic carbocycles. The van der Waals surface area contributed by atoms with Crippen molar-refractivity contribution in [2.75, 3.05) is 6.61 Å². The Kier molecular flexibility index (Phi) is 7.22. The molecule has 0 fully saturated rings. The SMILES string of the molecule is O=C(NS(=O)(=O)c1ccccc1)c1ccc(-c2nc3ccccc3n2CCCOc2cccc3ccccc23)cc1. The lowest BCUT2D eigenvalue weighted by atomic mass is 10.1. The van der Waals surface area contributed by atoms with Crippen LogP contribution in [0.5, 0.6) is 5.75 Å². The van der Waals surface area contributed by atoms with Crippen LogP contribution in [0.25, 0.3) is 33.2 Å². The number of imidazole rings is 1. The van der Waals surface area contributed by atoms with Crippen molar-refractivity contribution in [2.45, 2.75) is 17.9 Å². The summed E-state index contributed by atoms with van der Waals surface area (Å²) in [4.78, 5) is 17.6. The lowest BCUT2D eigenvalue weighted by Crippen LogP contribution is -2.30. The third kappa shape index (κ3) is 5.55. The molecule has 7 nitrogen and oxygen atoms in total. The van der Waals surface area contributed by atoms with Crippen molar-refractivity contribution in [2.24, 2.45) is 0 Å². The van der Waals surface area contributed by atoms with Crippen LogP contribution in [0.15, 0.2) is 126 Å². The maximum absolute atomic E-state index is 12.7. The van der Waals surface area contributed by atoms with Gasteiger partial charge in [0.15, 0.2) is 0 Å². The van der Waals surface area contributed by atoms with Crippen LogP contribution >= 0.6 is 0 Å². The Morgan fingerprint density at radius 1 is 0.780 bits per heavy atom. The molecule has 1 amide bonds. The minimum Gasteiger partial charge on any atom is -0.493 e. The third-order valence-corrected chi connectivity index (χ3v) is 8.22. The molecule has 0 saturated carbocycles. The summed E-state index contributed by atoms with van der Waals surface area (Å²) in [5, 5.41) is 2.23. The van der Waals surface area contributed by atoms with Crippen molar-refractivity contribution in [1.29, 1.82) is 0 Å². The number of hydrogen-bond donors (Lipinski definition) is 1. The molecule has 1 heterocycles. The van der Waals surface area contributed by atoms with Crippen LogP contribution in [0.4, 0.5) is 0 Å². The molecule has 41 heavy (non-hydrogen) atoms. The van der Waals surface area contributed by atoms with Gasteiger partial charge < -0.3 is 9.30 Å². The van der Waals surface area contributed by atoms with E-state index in [4.69, 9.17) is 9.72 Å². The standard InChI is InChI=1S/C33H27N3O4S/c37-33(35-41(38,39)27-12-2-1-3-13-27)26-20-18-25(19-21-26)32-34-29-15-6-7-16-30(29)36(32)22-9-23-40-31-17-8-11-24-10-4-5-14-28(24)31/h1-8,10-21H,9,22-23H2,(H,35,37). The van der Waals surface area contributed by atoms with Gasteiger partial charge in [0.25, 0.3) is 15.9 Å². The van der Waals surface area contributed by atoms with Crippen molar-refractivity contribution in [1.82, 2.24) is 14.3 Å². The minimum absolute atomic E-state index is 0.0307. The second-order valence-electron chi connectivity index (χ2n) is 9.58. The van der Waals surface area contributed by atoms with Crippen LogP contribution < -0.4 is 9.46 Å². The van der Waals surface area contributed by atoms with Gasteiger partial charge in [-0.05, 0) is 54.3 Å². The number of ether oxygens (including phenoxy) is 1. The number of carbonyl (C=O) groups excluding carboxylic acids is 1. The van der Waals surface area contributed by atoms with Crippen LogP contribution in [-0.4, -0.2) is 30.5 Å². The fourth-order valence-corrected chi connectivity index (χ4v) is 5.85. The summed E-state index contributed by atoms with van der Waals surface area (Å²) >= 11 is 0. The van der Waals surface area contributed by atoms with Gasteiger partial charge in [-0.1, -0.05) is 78.9 Å². The summed E-state index contributed by atoms with van der Waals surface area (Å²) in [6, 6.07) is 36.8. The molecule has 5 aromatic carbocycles. The lowest BCUT2D eigenvalue weighted by molar-refractivity contribution is 0.0981. The highest BCUT2D eigenvalue weighted by Gasteiger charge is 2.19. The molecule has 0 saturated heterocycles. The van der Waals surface area contributed by atoms with E-state index in [2.05, 4.69) is 27.5 Å². The Bertz CT molecular complexity index is 1950. The smallest absolute Gasteiger partial charge is 0.264 e. The van der Waals surface area contributed by atoms with Crippen LogP contribution in [-0.2, 0) is 16.6 Å². The van der Waals surface area contributed by atoms with E-state index >= 15 is 0 Å². The van der Waals surface area contributed by atoms with E-state index in [-0.39, 0.29) is 10.5 Å². The molecule has 204 valence electrons. The number of benzene rings is 5. The quantitative estimate of drug-likeness (QED) is 0.205. The van der Waals surface area contributed by atoms with E-state index in [1.165, 1.54) is 12.1 Å². The van der Waals surface area contributed by atoms with Crippen molar-refractivity contribution in [3.8, 4) is 17.1 Å². The predicted octanol–water partition coefficient (Wildman–Crippen LogP) is 6.44. The van der Waals surface area contributed by atoms with Gasteiger partial charge in [-0.2, -0.15) is 0 Å². The first kappa shape index (κ1) is 26.3. The molecule has 1 aromatic heterocycles. The number of nitrogens with zero attached hydrogens (tertiary/aromatic N) is 2. The number of amides is 1. The maximum Gasteiger partial charge on any atom is 0.264 e. The van der Waals surface area contributed by atoms with Gasteiger partial charge in [0.1, 0.15) is 11.6 Å². The molecule has 0 unspecified atom stereocenters. The average Bonchev–Trinajstić information content (AvgIpc) is 3.38. The first-order chi connectivity index (χ1) is 20.0. The number of hydrogen-bond acceptors (Lipinski definition) is 5. The summed E-state index contributed by atoms with van der Waals surface area (Å²) < 4.78 is 35.6. The van der Waals surface area contributed by atoms with Crippen molar-refractivity contribution in [3.63, 3.8) is 0 Å². The fraction of sp³-hybridized carbons (Fsp3) is 0.0909. The molecule has 0 radical (unpaired) electrons. The van der Waals surface area contributed by atoms with E-state index in [1.54, 1.807) is 42.5 Å². The number of carbonyl (C=O) groups is 1. The zero-order chi connectivity index (χ0) is 28.2. The number of sulfonamides is 1. The first-order valence-electron chi connectivity index (χ1n) is 13.3. The van der Waals surface area contributed by atoms with Crippen LogP contribution in [0.2, 0.25) is 0 Å². The van der Waals surface area contributed by atoms with Gasteiger partial charge in [-0.15, -0.1) is 0 Å². The molecule has 0 spiro atoms. The minimum atomic E-state index is -3.97. The van der Waals surface area contributed by atoms with Gasteiger partial charge in [0.05, 0.1) is 22.5 Å². The number of fused-ring (bicyclic) bond motifs is 2. The molecule has 0 aliphatic heterocycles. The first-order valence-corrected chi connectivity index (χ1v) is 14.8. The Hall–Kier alpha value is -4.95. The lowest BCUT2D eigenvalue weighted by Gasteiger charge is -2.12. The zero-order valence-corrected chi connectivity index (χ0v) is 22.9. The van der Waals surface area contributed by atoms with E-state index < -0.39 is 15.9 Å². The third-order valence-electron chi connectivity index (χ3n) is 6.87. The van der Waals surface area contributed by atoms with E-state index in [1.807, 2.05) is 48.5 Å². The Labute approximate surface area is 238 Å². The summed E-state index contributed by atoms with van der Waals surface area (Å²) in [7, 11) is -3.97. The molecule has 6 aromatic rings. The summed E-state index contributed by atoms with van der Waals surface area (Å²) in [6.45, 7) is 1.22. The molecule has 0 bridgehead atoms. The Morgan fingerprint density at radius 2 is 1.49 bits per heavy atom. The number of aryl methyl sites for hydroxylation is 1. The van der Waals surface area contributed by atoms with Gasteiger partial charge >= 0.3 is 0 Å². The molecule has 1 N–H and O–H groups in total. The molecule has 6 rings (SSSR count). The molecule has 0 atom stereocenters. The molecule has 8 heteroatoms. The number of nitrogens with one attached hydrogen (secondary N) is 1. The van der Waals surface area contributed by atoms with Crippen molar-refractivity contribution >= 4 is 37.7 Å². The Balaban J connectivity index is 1.19. The van der Waals surface area contributed by atoms with Gasteiger partial charge in [-0.3, -0.25) is 4.79 Å². The largest absolute Gasteiger partial charge is 0.493 e. The fourth-order valence-electron chi connectivity index (χ4n) is 4.86. The highest BCUT2D eigenvalue weighted by Crippen LogP contribution is 2.27. The highest BCUT2D eigenvalue weighted by atomic mass is 32.2. The topological polar surface area (TPSA) is 90.3 Å². The predicted molar refractivity (Wildman–Crippen MR) is 160 cm³/mol. The van der Waals surface area contributed by atoms with Crippen LogP contribution in [0.1, 0.15) is 16.8 Å². The molecular formula is C33H27N3O4S. The van der Waals surface area contributed by atoms with E-state index in [9.17, 15) is 13.2 Å². The number of para-hydroxylation sites is 2. The number of rotatable bonds is 9. The molecular weight excluding hydrogens is 534 g/mol. The van der Waals surface area contributed by atoms with Gasteiger partial charge in [0, 0.05) is 23.1 Å². The van der Waals surface area contributed by atoms with Gasteiger partial charge in [-0.25, -0.2) is 18.1 Å². The second-order valence-corrected chi connectivity index (χ2v) is 11.3. The second kappa shape index (κ2) is 11.3. The highest BCUT2D eigenvalue weighted by molar-refractivity contribution is 7.90. The normalized spacial score (nSPS) is 11.5. The average molecular weight is 562 g/mol. The van der Waals surface area contributed by atoms with Gasteiger partial charge in [0.2, 0.25) is 0 Å². The monoisotopic (exact) mass is 561 g/mol. The van der Waals surface area contributed by atoms with Crippen LogP contribution in [0, 0.1) is 0 Å². The summed E-state index contributed by atoms with van der Waals surface area (Å²) in [5.74, 6) is 0.932. The summed E-state index contributed by atoms with van der Waals surface area (Å²) in [6.07, 6.45) is 0.758. The van der Waals surface area contributed by atoms with Crippen molar-refractivity contribution < 1.29 is 17.9 Å². The zero-order valence-electron chi connectivity index (χ0n) is 22.1. The van der Waals surface area contributed by atoms with Crippen LogP contribution in [0.3, 0.4) is 0 Å². The molecule has 0 aliphatic rings. The van der Waals surface area contributed by atoms with E-state index in [0.717, 1.165) is 45.4 Å². The summed E-state index contributed by atoms with van der Waals surface area (Å²) in [5.41, 5.74) is 2.93. The van der Waals surface area contributed by atoms with E-state index in [0.29, 0.717) is 13.2 Å².